The molecule has 6 heteroatoms. The molecule has 0 saturated heterocycles. The summed E-state index contributed by atoms with van der Waals surface area (Å²) >= 11 is 0. The molecule has 0 heterocycles. The Balaban J connectivity index is 1.99. The van der Waals surface area contributed by atoms with E-state index in [1.807, 2.05) is 6.07 Å². The Morgan fingerprint density at radius 3 is 2.42 bits per heavy atom. The molecule has 0 aliphatic carbocycles. The SMILES string of the molecule is CC(=O)N(CCNC(=O)c1ccccc1F)c1ccc(C#N)cc1. The number of anilines is 1. The van der Waals surface area contributed by atoms with Crippen molar-refractivity contribution in [1.82, 2.24) is 5.32 Å². The summed E-state index contributed by atoms with van der Waals surface area (Å²) in [5.74, 6) is -1.32. The molecule has 0 unspecified atom stereocenters. The third-order valence-electron chi connectivity index (χ3n) is 3.43. The van der Waals surface area contributed by atoms with Crippen molar-refractivity contribution in [3.8, 4) is 6.07 Å². The van der Waals surface area contributed by atoms with Crippen LogP contribution in [0.3, 0.4) is 0 Å². The predicted molar refractivity (Wildman–Crippen MR) is 87.9 cm³/mol. The van der Waals surface area contributed by atoms with Crippen molar-refractivity contribution in [3.05, 3.63) is 65.5 Å². The zero-order valence-corrected chi connectivity index (χ0v) is 13.1. The Bertz CT molecular complexity index is 782. The standard InChI is InChI=1S/C18H16FN3O2/c1-13(23)22(15-8-6-14(12-20)7-9-15)11-10-21-18(24)16-4-2-3-5-17(16)19/h2-9H,10-11H2,1H3,(H,21,24). The van der Waals surface area contributed by atoms with Gasteiger partial charge in [-0.25, -0.2) is 4.39 Å². The summed E-state index contributed by atoms with van der Waals surface area (Å²) in [5, 5.41) is 11.4. The molecule has 2 aromatic carbocycles. The Labute approximate surface area is 139 Å². The maximum absolute atomic E-state index is 13.5. The number of carbonyl (C=O) groups is 2. The Morgan fingerprint density at radius 2 is 1.83 bits per heavy atom. The fourth-order valence-electron chi connectivity index (χ4n) is 2.21. The largest absolute Gasteiger partial charge is 0.350 e. The van der Waals surface area contributed by atoms with Crippen molar-refractivity contribution in [1.29, 1.82) is 5.26 Å². The number of halogens is 1. The van der Waals surface area contributed by atoms with E-state index in [-0.39, 0.29) is 24.6 Å². The summed E-state index contributed by atoms with van der Waals surface area (Å²) in [4.78, 5) is 25.2. The van der Waals surface area contributed by atoms with E-state index in [4.69, 9.17) is 5.26 Å². The zero-order valence-electron chi connectivity index (χ0n) is 13.1. The smallest absolute Gasteiger partial charge is 0.254 e. The minimum Gasteiger partial charge on any atom is -0.350 e. The lowest BCUT2D eigenvalue weighted by atomic mass is 10.2. The van der Waals surface area contributed by atoms with E-state index >= 15 is 0 Å². The highest BCUT2D eigenvalue weighted by atomic mass is 19.1. The summed E-state index contributed by atoms with van der Waals surface area (Å²) in [6.07, 6.45) is 0. The Kier molecular flexibility index (Phi) is 5.63. The van der Waals surface area contributed by atoms with Crippen molar-refractivity contribution in [3.63, 3.8) is 0 Å². The number of amides is 2. The van der Waals surface area contributed by atoms with Gasteiger partial charge in [-0.2, -0.15) is 5.26 Å². The number of hydrogen-bond acceptors (Lipinski definition) is 3. The fourth-order valence-corrected chi connectivity index (χ4v) is 2.21. The Hall–Kier alpha value is -3.20. The minimum atomic E-state index is -0.592. The topological polar surface area (TPSA) is 73.2 Å². The second kappa shape index (κ2) is 7.88. The van der Waals surface area contributed by atoms with Gasteiger partial charge in [0, 0.05) is 25.7 Å². The number of nitriles is 1. The molecule has 5 nitrogen and oxygen atoms in total. The van der Waals surface area contributed by atoms with Gasteiger partial charge >= 0.3 is 0 Å². The van der Waals surface area contributed by atoms with Gasteiger partial charge in [0.2, 0.25) is 5.91 Å². The van der Waals surface area contributed by atoms with Crippen molar-refractivity contribution < 1.29 is 14.0 Å². The number of hydrogen-bond donors (Lipinski definition) is 1. The molecule has 0 fully saturated rings. The molecule has 0 bridgehead atoms. The summed E-state index contributed by atoms with van der Waals surface area (Å²) < 4.78 is 13.5. The molecule has 0 aromatic heterocycles. The number of benzene rings is 2. The first kappa shape index (κ1) is 17.2. The highest BCUT2D eigenvalue weighted by molar-refractivity contribution is 5.95. The molecule has 2 aromatic rings. The average Bonchev–Trinajstić information content (AvgIpc) is 2.59. The summed E-state index contributed by atoms with van der Waals surface area (Å²) in [5.41, 5.74) is 1.09. The van der Waals surface area contributed by atoms with E-state index in [1.165, 1.54) is 30.0 Å². The molecule has 2 amide bonds. The number of rotatable bonds is 5. The van der Waals surface area contributed by atoms with E-state index in [9.17, 15) is 14.0 Å². The van der Waals surface area contributed by atoms with Crippen LogP contribution >= 0.6 is 0 Å². The van der Waals surface area contributed by atoms with Crippen molar-refractivity contribution in [2.75, 3.05) is 18.0 Å². The van der Waals surface area contributed by atoms with E-state index in [0.29, 0.717) is 11.3 Å². The van der Waals surface area contributed by atoms with Crippen LogP contribution in [0.5, 0.6) is 0 Å². The first-order valence-corrected chi connectivity index (χ1v) is 7.34. The normalized spacial score (nSPS) is 9.88. The van der Waals surface area contributed by atoms with Gasteiger partial charge in [-0.3, -0.25) is 9.59 Å². The molecule has 2 rings (SSSR count). The lowest BCUT2D eigenvalue weighted by Gasteiger charge is -2.21. The molecule has 0 aliphatic heterocycles. The van der Waals surface area contributed by atoms with Gasteiger partial charge in [0.1, 0.15) is 5.82 Å². The van der Waals surface area contributed by atoms with Gasteiger partial charge < -0.3 is 10.2 Å². The lowest BCUT2D eigenvalue weighted by molar-refractivity contribution is -0.116. The van der Waals surface area contributed by atoms with Gasteiger partial charge in [-0.15, -0.1) is 0 Å². The van der Waals surface area contributed by atoms with Gasteiger partial charge in [-0.05, 0) is 36.4 Å². The van der Waals surface area contributed by atoms with Gasteiger partial charge in [0.15, 0.2) is 0 Å². The maximum Gasteiger partial charge on any atom is 0.254 e. The number of nitrogens with one attached hydrogen (secondary N) is 1. The van der Waals surface area contributed by atoms with Crippen molar-refractivity contribution in [2.24, 2.45) is 0 Å². The number of nitrogens with zero attached hydrogens (tertiary/aromatic N) is 2. The fraction of sp³-hybridized carbons (Fsp3) is 0.167. The van der Waals surface area contributed by atoms with Gasteiger partial charge in [0.05, 0.1) is 17.2 Å². The van der Waals surface area contributed by atoms with Gasteiger partial charge in [-0.1, -0.05) is 12.1 Å². The zero-order chi connectivity index (χ0) is 17.5. The molecular formula is C18H16FN3O2. The molecule has 0 spiro atoms. The maximum atomic E-state index is 13.5. The molecular weight excluding hydrogens is 309 g/mol. The van der Waals surface area contributed by atoms with Crippen LogP contribution in [0.1, 0.15) is 22.8 Å². The van der Waals surface area contributed by atoms with E-state index in [0.717, 1.165) is 0 Å². The van der Waals surface area contributed by atoms with E-state index in [2.05, 4.69) is 5.32 Å². The Morgan fingerprint density at radius 1 is 1.17 bits per heavy atom. The van der Waals surface area contributed by atoms with Crippen LogP contribution in [0.4, 0.5) is 10.1 Å². The highest BCUT2D eigenvalue weighted by Gasteiger charge is 2.14. The van der Waals surface area contributed by atoms with Gasteiger partial charge in [0.25, 0.3) is 5.91 Å². The monoisotopic (exact) mass is 325 g/mol. The predicted octanol–water partition coefficient (Wildman–Crippen LogP) is 2.48. The third kappa shape index (κ3) is 4.17. The van der Waals surface area contributed by atoms with Crippen LogP contribution in [-0.2, 0) is 4.79 Å². The quantitative estimate of drug-likeness (QED) is 0.918. The van der Waals surface area contributed by atoms with Crippen LogP contribution in [0, 0.1) is 17.1 Å². The first-order chi connectivity index (χ1) is 11.5. The second-order valence-electron chi connectivity index (χ2n) is 5.07. The van der Waals surface area contributed by atoms with Crippen molar-refractivity contribution >= 4 is 17.5 Å². The molecule has 0 aliphatic rings. The third-order valence-corrected chi connectivity index (χ3v) is 3.43. The molecule has 0 saturated carbocycles. The molecule has 0 atom stereocenters. The van der Waals surface area contributed by atoms with Crippen LogP contribution in [0.15, 0.2) is 48.5 Å². The van der Waals surface area contributed by atoms with E-state index in [1.54, 1.807) is 30.3 Å². The average molecular weight is 325 g/mol. The summed E-state index contributed by atoms with van der Waals surface area (Å²) in [6, 6.07) is 14.3. The molecule has 0 radical (unpaired) electrons. The number of carbonyl (C=O) groups excluding carboxylic acids is 2. The summed E-state index contributed by atoms with van der Waals surface area (Å²) in [7, 11) is 0. The van der Waals surface area contributed by atoms with Crippen LogP contribution < -0.4 is 10.2 Å². The van der Waals surface area contributed by atoms with E-state index < -0.39 is 11.7 Å². The van der Waals surface area contributed by atoms with Crippen LogP contribution in [0.2, 0.25) is 0 Å². The second-order valence-corrected chi connectivity index (χ2v) is 5.07. The molecule has 24 heavy (non-hydrogen) atoms. The van der Waals surface area contributed by atoms with Crippen LogP contribution in [-0.4, -0.2) is 24.9 Å². The highest BCUT2D eigenvalue weighted by Crippen LogP contribution is 2.15. The first-order valence-electron chi connectivity index (χ1n) is 7.34. The minimum absolute atomic E-state index is 0.0368. The summed E-state index contributed by atoms with van der Waals surface area (Å²) in [6.45, 7) is 1.82. The lowest BCUT2D eigenvalue weighted by Crippen LogP contribution is -2.37. The molecule has 1 N–H and O–H groups in total. The van der Waals surface area contributed by atoms with Crippen molar-refractivity contribution in [2.45, 2.75) is 6.92 Å². The van der Waals surface area contributed by atoms with Crippen LogP contribution in [0.25, 0.3) is 0 Å². The molecule has 122 valence electrons.